The zero-order valence-corrected chi connectivity index (χ0v) is 12.0. The third kappa shape index (κ3) is 4.77. The lowest BCUT2D eigenvalue weighted by molar-refractivity contribution is -0.150. The standard InChI is InChI=1S/C15H16N2O4/c1-11(18)20-9-15(10-21-12(2)19)7-13(3-5-16)14(8-15)4-6-17/h3-4H,7-10H2,1-2H3/b13-3+,14-4+. The van der Waals surface area contributed by atoms with Gasteiger partial charge >= 0.3 is 11.9 Å². The molecule has 0 atom stereocenters. The second-order valence-corrected chi connectivity index (χ2v) is 5.01. The van der Waals surface area contributed by atoms with E-state index in [9.17, 15) is 9.59 Å². The maximum atomic E-state index is 11.0. The molecule has 0 unspecified atom stereocenters. The van der Waals surface area contributed by atoms with E-state index >= 15 is 0 Å². The van der Waals surface area contributed by atoms with E-state index < -0.39 is 17.4 Å². The van der Waals surface area contributed by atoms with Gasteiger partial charge in [0.25, 0.3) is 0 Å². The molecule has 0 aliphatic heterocycles. The number of hydrogen-bond acceptors (Lipinski definition) is 6. The quantitative estimate of drug-likeness (QED) is 0.577. The Hall–Kier alpha value is -2.60. The highest BCUT2D eigenvalue weighted by atomic mass is 16.5. The van der Waals surface area contributed by atoms with Gasteiger partial charge in [-0.1, -0.05) is 0 Å². The summed E-state index contributed by atoms with van der Waals surface area (Å²) in [5.41, 5.74) is 0.791. The van der Waals surface area contributed by atoms with E-state index in [-0.39, 0.29) is 13.2 Å². The van der Waals surface area contributed by atoms with E-state index in [1.165, 1.54) is 26.0 Å². The Kier molecular flexibility index (Phi) is 5.68. The molecular weight excluding hydrogens is 272 g/mol. The Labute approximate surface area is 123 Å². The second-order valence-electron chi connectivity index (χ2n) is 5.01. The molecule has 0 bridgehead atoms. The molecule has 1 rings (SSSR count). The first-order chi connectivity index (χ1) is 9.92. The molecule has 110 valence electrons. The zero-order chi connectivity index (χ0) is 15.9. The third-order valence-electron chi connectivity index (χ3n) is 3.18. The van der Waals surface area contributed by atoms with Crippen LogP contribution in [0.1, 0.15) is 26.7 Å². The van der Waals surface area contributed by atoms with Gasteiger partial charge in [-0.3, -0.25) is 9.59 Å². The summed E-state index contributed by atoms with van der Waals surface area (Å²) in [6.07, 6.45) is 3.56. The molecule has 0 N–H and O–H groups in total. The van der Waals surface area contributed by atoms with Gasteiger partial charge in [-0.15, -0.1) is 0 Å². The van der Waals surface area contributed by atoms with Crippen LogP contribution in [-0.4, -0.2) is 25.2 Å². The average Bonchev–Trinajstić information content (AvgIpc) is 2.74. The number of allylic oxidation sites excluding steroid dienone is 4. The van der Waals surface area contributed by atoms with Crippen LogP contribution in [0.3, 0.4) is 0 Å². The first-order valence-corrected chi connectivity index (χ1v) is 6.37. The lowest BCUT2D eigenvalue weighted by Gasteiger charge is -2.26. The molecule has 0 aromatic heterocycles. The van der Waals surface area contributed by atoms with Gasteiger partial charge in [0.05, 0.1) is 12.1 Å². The van der Waals surface area contributed by atoms with Crippen molar-refractivity contribution >= 4 is 11.9 Å². The van der Waals surface area contributed by atoms with Crippen LogP contribution in [0, 0.1) is 28.1 Å². The first kappa shape index (κ1) is 16.5. The molecule has 0 aromatic rings. The zero-order valence-electron chi connectivity index (χ0n) is 12.0. The van der Waals surface area contributed by atoms with Crippen LogP contribution in [0.25, 0.3) is 0 Å². The number of hydrogen-bond donors (Lipinski definition) is 0. The van der Waals surface area contributed by atoms with Crippen LogP contribution in [-0.2, 0) is 19.1 Å². The summed E-state index contributed by atoms with van der Waals surface area (Å²) in [6, 6.07) is 3.88. The highest BCUT2D eigenvalue weighted by molar-refractivity contribution is 5.66. The second kappa shape index (κ2) is 7.25. The van der Waals surface area contributed by atoms with Crippen LogP contribution in [0.4, 0.5) is 0 Å². The van der Waals surface area contributed by atoms with Gasteiger partial charge in [0, 0.05) is 31.4 Å². The number of nitrogens with zero attached hydrogens (tertiary/aromatic N) is 2. The van der Waals surface area contributed by atoms with Gasteiger partial charge in [0.15, 0.2) is 0 Å². The fourth-order valence-electron chi connectivity index (χ4n) is 2.30. The molecule has 6 heteroatoms. The minimum absolute atomic E-state index is 0.0706. The molecule has 0 heterocycles. The molecule has 0 aromatic carbocycles. The summed E-state index contributed by atoms with van der Waals surface area (Å²) in [5, 5.41) is 17.6. The minimum atomic E-state index is -0.622. The summed E-state index contributed by atoms with van der Waals surface area (Å²) in [7, 11) is 0. The van der Waals surface area contributed by atoms with Crippen molar-refractivity contribution in [2.45, 2.75) is 26.7 Å². The number of ether oxygens (including phenoxy) is 2. The Balaban J connectivity index is 3.03. The van der Waals surface area contributed by atoms with Gasteiger partial charge in [-0.25, -0.2) is 0 Å². The van der Waals surface area contributed by atoms with E-state index in [0.29, 0.717) is 24.0 Å². The first-order valence-electron chi connectivity index (χ1n) is 6.37. The van der Waals surface area contributed by atoms with Gasteiger partial charge in [0.2, 0.25) is 0 Å². The normalized spacial score (nSPS) is 19.8. The predicted molar refractivity (Wildman–Crippen MR) is 72.3 cm³/mol. The highest BCUT2D eigenvalue weighted by Gasteiger charge is 2.41. The topological polar surface area (TPSA) is 100 Å². The van der Waals surface area contributed by atoms with Crippen LogP contribution in [0.2, 0.25) is 0 Å². The van der Waals surface area contributed by atoms with E-state index in [1.54, 1.807) is 0 Å². The summed E-state index contributed by atoms with van der Waals surface area (Å²) in [6.45, 7) is 2.74. The Bertz CT molecular complexity index is 523. The fourth-order valence-corrected chi connectivity index (χ4v) is 2.30. The third-order valence-corrected chi connectivity index (χ3v) is 3.18. The molecule has 0 spiro atoms. The van der Waals surface area contributed by atoms with Crippen molar-refractivity contribution in [2.75, 3.05) is 13.2 Å². The lowest BCUT2D eigenvalue weighted by Crippen LogP contribution is -2.31. The molecular formula is C15H16N2O4. The van der Waals surface area contributed by atoms with Crippen LogP contribution < -0.4 is 0 Å². The number of carbonyl (C=O) groups is 2. The molecule has 6 nitrogen and oxygen atoms in total. The van der Waals surface area contributed by atoms with Crippen molar-refractivity contribution in [3.8, 4) is 12.1 Å². The maximum absolute atomic E-state index is 11.0. The van der Waals surface area contributed by atoms with Crippen molar-refractivity contribution in [1.82, 2.24) is 0 Å². The van der Waals surface area contributed by atoms with E-state index in [1.807, 2.05) is 12.1 Å². The average molecular weight is 288 g/mol. The summed E-state index contributed by atoms with van der Waals surface area (Å²) >= 11 is 0. The van der Waals surface area contributed by atoms with Crippen LogP contribution >= 0.6 is 0 Å². The molecule has 1 saturated carbocycles. The van der Waals surface area contributed by atoms with E-state index in [2.05, 4.69) is 0 Å². The molecule has 1 aliphatic carbocycles. The number of carbonyl (C=O) groups excluding carboxylic acids is 2. The molecule has 0 radical (unpaired) electrons. The van der Waals surface area contributed by atoms with Crippen LogP contribution in [0.15, 0.2) is 23.3 Å². The SMILES string of the molecule is CC(=O)OCC1(COC(C)=O)CC(=C\C#N)/C(=C/C#N)C1. The van der Waals surface area contributed by atoms with E-state index in [0.717, 1.165) is 0 Å². The number of esters is 2. The van der Waals surface area contributed by atoms with E-state index in [4.69, 9.17) is 20.0 Å². The van der Waals surface area contributed by atoms with Crippen molar-refractivity contribution in [3.63, 3.8) is 0 Å². The molecule has 0 amide bonds. The minimum Gasteiger partial charge on any atom is -0.465 e. The molecule has 21 heavy (non-hydrogen) atoms. The van der Waals surface area contributed by atoms with Gasteiger partial charge in [-0.05, 0) is 24.0 Å². The monoisotopic (exact) mass is 288 g/mol. The van der Waals surface area contributed by atoms with Crippen LogP contribution in [0.5, 0.6) is 0 Å². The van der Waals surface area contributed by atoms with Gasteiger partial charge in [-0.2, -0.15) is 10.5 Å². The van der Waals surface area contributed by atoms with Crippen molar-refractivity contribution in [2.24, 2.45) is 5.41 Å². The summed E-state index contributed by atoms with van der Waals surface area (Å²) in [4.78, 5) is 22.1. The number of nitriles is 2. The highest BCUT2D eigenvalue weighted by Crippen LogP contribution is 2.45. The Morgan fingerprint density at radius 2 is 1.43 bits per heavy atom. The summed E-state index contributed by atoms with van der Waals surface area (Å²) < 4.78 is 10.1. The lowest BCUT2D eigenvalue weighted by atomic mass is 9.87. The molecule has 1 aliphatic rings. The largest absolute Gasteiger partial charge is 0.465 e. The number of rotatable bonds is 4. The predicted octanol–water partition coefficient (Wildman–Crippen LogP) is 1.79. The maximum Gasteiger partial charge on any atom is 0.302 e. The molecule has 0 saturated heterocycles. The Morgan fingerprint density at radius 3 is 1.71 bits per heavy atom. The Morgan fingerprint density at radius 1 is 1.05 bits per heavy atom. The van der Waals surface area contributed by atoms with Crippen molar-refractivity contribution < 1.29 is 19.1 Å². The van der Waals surface area contributed by atoms with Gasteiger partial charge < -0.3 is 9.47 Å². The van der Waals surface area contributed by atoms with Crippen molar-refractivity contribution in [1.29, 1.82) is 10.5 Å². The molecule has 1 fully saturated rings. The van der Waals surface area contributed by atoms with Crippen molar-refractivity contribution in [3.05, 3.63) is 23.3 Å². The smallest absolute Gasteiger partial charge is 0.302 e. The van der Waals surface area contributed by atoms with Gasteiger partial charge in [0.1, 0.15) is 13.2 Å². The summed E-state index contributed by atoms with van der Waals surface area (Å²) in [5.74, 6) is -0.860. The fraction of sp³-hybridized carbons (Fsp3) is 0.467.